The van der Waals surface area contributed by atoms with E-state index in [4.69, 9.17) is 9.26 Å². The van der Waals surface area contributed by atoms with E-state index in [1.165, 1.54) is 6.33 Å². The van der Waals surface area contributed by atoms with Crippen molar-refractivity contribution in [2.24, 2.45) is 5.92 Å². The summed E-state index contributed by atoms with van der Waals surface area (Å²) in [7, 11) is 0. The van der Waals surface area contributed by atoms with E-state index in [1.807, 2.05) is 24.8 Å². The highest BCUT2D eigenvalue weighted by Gasteiger charge is 2.27. The molecule has 0 spiro atoms. The van der Waals surface area contributed by atoms with E-state index >= 15 is 0 Å². The fourth-order valence-electron chi connectivity index (χ4n) is 3.84. The maximum absolute atomic E-state index is 12.8. The first-order chi connectivity index (χ1) is 14.4. The van der Waals surface area contributed by atoms with Crippen LogP contribution in [0.1, 0.15) is 46.0 Å². The van der Waals surface area contributed by atoms with Gasteiger partial charge in [-0.15, -0.1) is 0 Å². The van der Waals surface area contributed by atoms with Crippen LogP contribution in [0, 0.1) is 33.6 Å². The molecule has 0 atom stereocenters. The number of hydrogen-bond acceptors (Lipinski definition) is 7. The Hall–Kier alpha value is -3.23. The van der Waals surface area contributed by atoms with Gasteiger partial charge in [0, 0.05) is 24.8 Å². The minimum atomic E-state index is -0.00375. The van der Waals surface area contributed by atoms with Gasteiger partial charge in [-0.3, -0.25) is 4.79 Å². The first kappa shape index (κ1) is 20.1. The molecular weight excluding hydrogens is 384 g/mol. The van der Waals surface area contributed by atoms with Crippen LogP contribution in [-0.2, 0) is 0 Å². The molecule has 158 valence electrons. The molecule has 1 fully saturated rings. The van der Waals surface area contributed by atoms with Gasteiger partial charge in [-0.1, -0.05) is 5.16 Å². The minimum Gasteiger partial charge on any atom is -0.477 e. The first-order valence-electron chi connectivity index (χ1n) is 10.1. The van der Waals surface area contributed by atoms with Crippen LogP contribution in [0.2, 0.25) is 0 Å². The zero-order valence-corrected chi connectivity index (χ0v) is 17.8. The molecule has 4 rings (SSSR count). The number of ether oxygens (including phenoxy) is 1. The molecule has 1 aliphatic heterocycles. The molecule has 1 aliphatic rings. The van der Waals surface area contributed by atoms with Crippen molar-refractivity contribution >= 4 is 5.91 Å². The largest absolute Gasteiger partial charge is 0.477 e. The molecule has 3 aromatic heterocycles. The summed E-state index contributed by atoms with van der Waals surface area (Å²) in [5, 5.41) is 8.34. The van der Waals surface area contributed by atoms with Gasteiger partial charge in [0.15, 0.2) is 5.82 Å². The number of aryl methyl sites for hydroxylation is 4. The molecule has 0 radical (unpaired) electrons. The minimum absolute atomic E-state index is 0.00375. The van der Waals surface area contributed by atoms with Crippen molar-refractivity contribution in [3.8, 4) is 11.7 Å². The Morgan fingerprint density at radius 2 is 1.93 bits per heavy atom. The van der Waals surface area contributed by atoms with Gasteiger partial charge in [0.05, 0.1) is 18.0 Å². The van der Waals surface area contributed by atoms with Crippen LogP contribution in [0.5, 0.6) is 5.88 Å². The quantitative estimate of drug-likeness (QED) is 0.638. The van der Waals surface area contributed by atoms with E-state index in [1.54, 1.807) is 24.6 Å². The summed E-state index contributed by atoms with van der Waals surface area (Å²) >= 11 is 0. The zero-order chi connectivity index (χ0) is 21.3. The second-order valence-electron chi connectivity index (χ2n) is 7.80. The number of amides is 1. The Kier molecular flexibility index (Phi) is 5.52. The highest BCUT2D eigenvalue weighted by Crippen LogP contribution is 2.23. The van der Waals surface area contributed by atoms with Gasteiger partial charge < -0.3 is 14.2 Å². The molecule has 0 aliphatic carbocycles. The van der Waals surface area contributed by atoms with Gasteiger partial charge in [0.2, 0.25) is 5.88 Å². The molecule has 1 saturated heterocycles. The van der Waals surface area contributed by atoms with Crippen molar-refractivity contribution in [1.29, 1.82) is 0 Å². The summed E-state index contributed by atoms with van der Waals surface area (Å²) < 4.78 is 12.9. The summed E-state index contributed by atoms with van der Waals surface area (Å²) in [5.41, 5.74) is 3.17. The average molecular weight is 410 g/mol. The molecule has 0 aromatic carbocycles. The number of likely N-dealkylation sites (tertiary alicyclic amines) is 1. The van der Waals surface area contributed by atoms with Crippen LogP contribution in [0.3, 0.4) is 0 Å². The Bertz CT molecular complexity index is 1030. The Morgan fingerprint density at radius 1 is 1.17 bits per heavy atom. The van der Waals surface area contributed by atoms with Crippen molar-refractivity contribution in [2.75, 3.05) is 19.7 Å². The van der Waals surface area contributed by atoms with Crippen LogP contribution in [0.4, 0.5) is 0 Å². The lowest BCUT2D eigenvalue weighted by atomic mass is 9.97. The van der Waals surface area contributed by atoms with Gasteiger partial charge in [-0.05, 0) is 52.5 Å². The molecule has 9 nitrogen and oxygen atoms in total. The molecule has 0 saturated carbocycles. The second kappa shape index (κ2) is 8.25. The third-order valence-electron chi connectivity index (χ3n) is 5.47. The van der Waals surface area contributed by atoms with Crippen LogP contribution in [-0.4, -0.2) is 55.4 Å². The molecule has 9 heteroatoms. The van der Waals surface area contributed by atoms with Crippen molar-refractivity contribution in [2.45, 2.75) is 40.5 Å². The van der Waals surface area contributed by atoms with Crippen LogP contribution in [0.15, 0.2) is 23.0 Å². The van der Waals surface area contributed by atoms with Crippen LogP contribution >= 0.6 is 0 Å². The summed E-state index contributed by atoms with van der Waals surface area (Å²) in [6.07, 6.45) is 3.25. The smallest absolute Gasteiger partial charge is 0.259 e. The van der Waals surface area contributed by atoms with Gasteiger partial charge in [0.1, 0.15) is 17.7 Å². The van der Waals surface area contributed by atoms with E-state index < -0.39 is 0 Å². The number of aromatic nitrogens is 5. The monoisotopic (exact) mass is 410 g/mol. The predicted octanol–water partition coefficient (Wildman–Crippen LogP) is 2.82. The number of carbonyl (C=O) groups excluding carboxylic acids is 1. The van der Waals surface area contributed by atoms with Crippen molar-refractivity contribution < 1.29 is 14.1 Å². The standard InChI is InChI=1S/C21H26N6O3/c1-13-9-14(2)27(24-13)18-10-19(23-12-22-18)29-11-17-5-7-26(8-6-17)21(28)20-15(3)25-30-16(20)4/h9-10,12,17H,5-8,11H2,1-4H3. The van der Waals surface area contributed by atoms with E-state index in [2.05, 4.69) is 20.2 Å². The van der Waals surface area contributed by atoms with E-state index in [9.17, 15) is 4.79 Å². The van der Waals surface area contributed by atoms with Gasteiger partial charge in [-0.2, -0.15) is 5.10 Å². The topological polar surface area (TPSA) is 99.2 Å². The van der Waals surface area contributed by atoms with E-state index in [-0.39, 0.29) is 5.91 Å². The number of rotatable bonds is 5. The molecule has 3 aromatic rings. The third-order valence-corrected chi connectivity index (χ3v) is 5.47. The SMILES string of the molecule is Cc1cc(C)n(-c2cc(OCC3CCN(C(=O)c4c(C)noc4C)CC3)ncn2)n1. The number of nitrogens with zero attached hydrogens (tertiary/aromatic N) is 6. The molecule has 30 heavy (non-hydrogen) atoms. The summed E-state index contributed by atoms with van der Waals surface area (Å²) in [6, 6.07) is 3.80. The van der Waals surface area contributed by atoms with Gasteiger partial charge >= 0.3 is 0 Å². The molecule has 0 N–H and O–H groups in total. The van der Waals surface area contributed by atoms with E-state index in [0.717, 1.165) is 24.2 Å². The molecule has 4 heterocycles. The van der Waals surface area contributed by atoms with Crippen LogP contribution in [0.25, 0.3) is 5.82 Å². The molecular formula is C21H26N6O3. The lowest BCUT2D eigenvalue weighted by Crippen LogP contribution is -2.40. The Morgan fingerprint density at radius 3 is 2.57 bits per heavy atom. The third kappa shape index (κ3) is 4.05. The summed E-state index contributed by atoms with van der Waals surface area (Å²) in [4.78, 5) is 23.2. The predicted molar refractivity (Wildman–Crippen MR) is 109 cm³/mol. The maximum atomic E-state index is 12.8. The zero-order valence-electron chi connectivity index (χ0n) is 17.8. The number of piperidine rings is 1. The van der Waals surface area contributed by atoms with E-state index in [0.29, 0.717) is 54.3 Å². The second-order valence-corrected chi connectivity index (χ2v) is 7.80. The Labute approximate surface area is 175 Å². The molecule has 0 bridgehead atoms. The van der Waals surface area contributed by atoms with Crippen molar-refractivity contribution in [3.05, 3.63) is 46.9 Å². The highest BCUT2D eigenvalue weighted by atomic mass is 16.5. The van der Waals surface area contributed by atoms with Gasteiger partial charge in [0.25, 0.3) is 5.91 Å². The van der Waals surface area contributed by atoms with Crippen LogP contribution < -0.4 is 4.74 Å². The summed E-state index contributed by atoms with van der Waals surface area (Å²) in [6.45, 7) is 9.45. The fraction of sp³-hybridized carbons (Fsp3) is 0.476. The average Bonchev–Trinajstić information content (AvgIpc) is 3.26. The maximum Gasteiger partial charge on any atom is 0.259 e. The highest BCUT2D eigenvalue weighted by molar-refractivity contribution is 5.96. The van der Waals surface area contributed by atoms with Gasteiger partial charge in [-0.25, -0.2) is 14.6 Å². The lowest BCUT2D eigenvalue weighted by molar-refractivity contribution is 0.0657. The van der Waals surface area contributed by atoms with Crippen molar-refractivity contribution in [1.82, 2.24) is 29.8 Å². The number of carbonyl (C=O) groups is 1. The first-order valence-corrected chi connectivity index (χ1v) is 10.1. The fourth-order valence-corrected chi connectivity index (χ4v) is 3.84. The lowest BCUT2D eigenvalue weighted by Gasteiger charge is -2.31. The number of hydrogen-bond donors (Lipinski definition) is 0. The molecule has 0 unspecified atom stereocenters. The molecule has 1 amide bonds. The normalized spacial score (nSPS) is 14.9. The summed E-state index contributed by atoms with van der Waals surface area (Å²) in [5.74, 6) is 2.15. The van der Waals surface area contributed by atoms with Crippen molar-refractivity contribution in [3.63, 3.8) is 0 Å². The Balaban J connectivity index is 1.33.